The van der Waals surface area contributed by atoms with Crippen LogP contribution in [0.25, 0.3) is 0 Å². The Morgan fingerprint density at radius 3 is 2.68 bits per heavy atom. The molecule has 0 aliphatic heterocycles. The molecule has 0 aromatic carbocycles. The summed E-state index contributed by atoms with van der Waals surface area (Å²) in [6.07, 6.45) is 4.75. The molecule has 0 saturated heterocycles. The third-order valence-electron chi connectivity index (χ3n) is 4.27. The van der Waals surface area contributed by atoms with Gasteiger partial charge in [0.25, 0.3) is 0 Å². The number of rotatable bonds is 4. The first kappa shape index (κ1) is 14.6. The summed E-state index contributed by atoms with van der Waals surface area (Å²) >= 11 is 5.93. The monoisotopic (exact) mass is 281 g/mol. The van der Waals surface area contributed by atoms with Gasteiger partial charge in [0, 0.05) is 17.6 Å². The van der Waals surface area contributed by atoms with Crippen molar-refractivity contribution in [1.82, 2.24) is 4.98 Å². The summed E-state index contributed by atoms with van der Waals surface area (Å²) in [4.78, 5) is 4.56. The molecule has 19 heavy (non-hydrogen) atoms. The predicted molar refractivity (Wildman–Crippen MR) is 79.8 cm³/mol. The quantitative estimate of drug-likeness (QED) is 0.753. The van der Waals surface area contributed by atoms with Crippen LogP contribution in [0.2, 0.25) is 0 Å². The summed E-state index contributed by atoms with van der Waals surface area (Å²) in [5, 5.41) is 0. The average molecular weight is 282 g/mol. The van der Waals surface area contributed by atoms with Gasteiger partial charge in [-0.3, -0.25) is 0 Å². The third-order valence-corrected chi connectivity index (χ3v) is 4.58. The molecule has 1 aromatic heterocycles. The molecule has 0 radical (unpaired) electrons. The van der Waals surface area contributed by atoms with E-state index in [1.54, 1.807) is 0 Å². The van der Waals surface area contributed by atoms with Gasteiger partial charge < -0.3 is 4.74 Å². The van der Waals surface area contributed by atoms with Crippen LogP contribution < -0.4 is 4.74 Å². The van der Waals surface area contributed by atoms with E-state index in [4.69, 9.17) is 16.3 Å². The summed E-state index contributed by atoms with van der Waals surface area (Å²) in [5.41, 5.74) is 2.16. The zero-order valence-corrected chi connectivity index (χ0v) is 12.9. The molecule has 1 aliphatic rings. The van der Waals surface area contributed by atoms with Crippen LogP contribution in [0.15, 0.2) is 12.1 Å². The molecule has 1 aliphatic carbocycles. The summed E-state index contributed by atoms with van der Waals surface area (Å²) in [5.74, 6) is 2.82. The second-order valence-electron chi connectivity index (χ2n) is 5.80. The first-order chi connectivity index (χ1) is 9.12. The Morgan fingerprint density at radius 2 is 2.05 bits per heavy atom. The number of ether oxygens (including phenoxy) is 1. The van der Waals surface area contributed by atoms with E-state index in [0.717, 1.165) is 48.2 Å². The Bertz CT molecular complexity index is 399. The Hall–Kier alpha value is -0.760. The van der Waals surface area contributed by atoms with E-state index in [-0.39, 0.29) is 0 Å². The lowest BCUT2D eigenvalue weighted by molar-refractivity contribution is 0.0962. The van der Waals surface area contributed by atoms with Crippen LogP contribution in [0.5, 0.6) is 5.88 Å². The van der Waals surface area contributed by atoms with Crippen molar-refractivity contribution in [3.8, 4) is 5.88 Å². The van der Waals surface area contributed by atoms with Gasteiger partial charge in [0.2, 0.25) is 5.88 Å². The molecule has 106 valence electrons. The van der Waals surface area contributed by atoms with Gasteiger partial charge >= 0.3 is 0 Å². The zero-order valence-electron chi connectivity index (χ0n) is 12.2. The topological polar surface area (TPSA) is 22.1 Å². The SMILES string of the molecule is CCc1cc(CCl)cc(OC2CCC(C)C(C)C2)n1. The summed E-state index contributed by atoms with van der Waals surface area (Å²) in [6, 6.07) is 4.04. The zero-order chi connectivity index (χ0) is 13.8. The number of pyridine rings is 1. The Morgan fingerprint density at radius 1 is 1.26 bits per heavy atom. The highest BCUT2D eigenvalue weighted by Gasteiger charge is 2.26. The molecule has 2 nitrogen and oxygen atoms in total. The fourth-order valence-corrected chi connectivity index (χ4v) is 2.87. The predicted octanol–water partition coefficient (Wildman–Crippen LogP) is 4.59. The first-order valence-electron chi connectivity index (χ1n) is 7.34. The maximum absolute atomic E-state index is 6.09. The maximum atomic E-state index is 6.09. The summed E-state index contributed by atoms with van der Waals surface area (Å²) < 4.78 is 6.09. The van der Waals surface area contributed by atoms with Crippen molar-refractivity contribution in [3.05, 3.63) is 23.4 Å². The van der Waals surface area contributed by atoms with Gasteiger partial charge in [-0.1, -0.05) is 20.8 Å². The maximum Gasteiger partial charge on any atom is 0.214 e. The van der Waals surface area contributed by atoms with Crippen molar-refractivity contribution in [1.29, 1.82) is 0 Å². The number of hydrogen-bond acceptors (Lipinski definition) is 2. The molecule has 3 unspecified atom stereocenters. The summed E-state index contributed by atoms with van der Waals surface area (Å²) in [6.45, 7) is 6.76. The molecule has 3 heteroatoms. The Kier molecular flexibility index (Phi) is 5.09. The van der Waals surface area contributed by atoms with E-state index >= 15 is 0 Å². The van der Waals surface area contributed by atoms with Gasteiger partial charge in [-0.2, -0.15) is 0 Å². The standard InChI is InChI=1S/C16H24ClNO/c1-4-14-8-13(10-17)9-16(18-14)19-15-6-5-11(2)12(3)7-15/h8-9,11-12,15H,4-7,10H2,1-3H3. The Balaban J connectivity index is 2.06. The van der Waals surface area contributed by atoms with Gasteiger partial charge in [-0.15, -0.1) is 11.6 Å². The number of alkyl halides is 1. The molecular weight excluding hydrogens is 258 g/mol. The minimum absolute atomic E-state index is 0.314. The van der Waals surface area contributed by atoms with E-state index in [9.17, 15) is 0 Å². The van der Waals surface area contributed by atoms with E-state index in [2.05, 4.69) is 31.8 Å². The molecule has 1 fully saturated rings. The minimum atomic E-state index is 0.314. The molecule has 0 bridgehead atoms. The lowest BCUT2D eigenvalue weighted by atomic mass is 9.80. The van der Waals surface area contributed by atoms with E-state index in [1.165, 1.54) is 6.42 Å². The van der Waals surface area contributed by atoms with Crippen LogP contribution >= 0.6 is 11.6 Å². The van der Waals surface area contributed by atoms with Crippen molar-refractivity contribution in [3.63, 3.8) is 0 Å². The first-order valence-corrected chi connectivity index (χ1v) is 7.88. The number of aryl methyl sites for hydroxylation is 1. The van der Waals surface area contributed by atoms with Crippen LogP contribution in [0.3, 0.4) is 0 Å². The molecule has 0 amide bonds. The van der Waals surface area contributed by atoms with Gasteiger partial charge in [0.05, 0.1) is 0 Å². The van der Waals surface area contributed by atoms with Crippen molar-refractivity contribution >= 4 is 11.6 Å². The van der Waals surface area contributed by atoms with Gasteiger partial charge in [-0.05, 0) is 49.1 Å². The molecule has 0 spiro atoms. The number of hydrogen-bond donors (Lipinski definition) is 0. The number of halogens is 1. The minimum Gasteiger partial charge on any atom is -0.474 e. The largest absolute Gasteiger partial charge is 0.474 e. The molecule has 1 aromatic rings. The second kappa shape index (κ2) is 6.60. The highest BCUT2D eigenvalue weighted by molar-refractivity contribution is 6.17. The lowest BCUT2D eigenvalue weighted by Crippen LogP contribution is -2.29. The van der Waals surface area contributed by atoms with Crippen molar-refractivity contribution in [2.45, 2.75) is 58.4 Å². The molecule has 1 heterocycles. The smallest absolute Gasteiger partial charge is 0.214 e. The molecule has 0 N–H and O–H groups in total. The van der Waals surface area contributed by atoms with Crippen molar-refractivity contribution in [2.75, 3.05) is 0 Å². The normalized spacial score (nSPS) is 27.3. The van der Waals surface area contributed by atoms with E-state index in [0.29, 0.717) is 12.0 Å². The highest BCUT2D eigenvalue weighted by Crippen LogP contribution is 2.31. The molecule has 2 rings (SSSR count). The lowest BCUT2D eigenvalue weighted by Gasteiger charge is -2.32. The molecule has 3 atom stereocenters. The van der Waals surface area contributed by atoms with Gasteiger partial charge in [0.15, 0.2) is 0 Å². The average Bonchev–Trinajstić information content (AvgIpc) is 2.42. The summed E-state index contributed by atoms with van der Waals surface area (Å²) in [7, 11) is 0. The van der Waals surface area contributed by atoms with Gasteiger partial charge in [0.1, 0.15) is 6.10 Å². The van der Waals surface area contributed by atoms with Crippen LogP contribution in [-0.4, -0.2) is 11.1 Å². The Labute approximate surface area is 121 Å². The van der Waals surface area contributed by atoms with E-state index < -0.39 is 0 Å². The van der Waals surface area contributed by atoms with Crippen molar-refractivity contribution < 1.29 is 4.74 Å². The van der Waals surface area contributed by atoms with Crippen LogP contribution in [0, 0.1) is 11.8 Å². The van der Waals surface area contributed by atoms with Gasteiger partial charge in [-0.25, -0.2) is 4.98 Å². The van der Waals surface area contributed by atoms with Crippen molar-refractivity contribution in [2.24, 2.45) is 11.8 Å². The second-order valence-corrected chi connectivity index (χ2v) is 6.07. The number of aromatic nitrogens is 1. The fraction of sp³-hybridized carbons (Fsp3) is 0.688. The van der Waals surface area contributed by atoms with E-state index in [1.807, 2.05) is 6.07 Å². The fourth-order valence-electron chi connectivity index (χ4n) is 2.71. The third kappa shape index (κ3) is 3.85. The van der Waals surface area contributed by atoms with Crippen LogP contribution in [0.4, 0.5) is 0 Å². The van der Waals surface area contributed by atoms with Crippen LogP contribution in [0.1, 0.15) is 51.3 Å². The molecular formula is C16H24ClNO. The highest BCUT2D eigenvalue weighted by atomic mass is 35.5. The number of nitrogens with zero attached hydrogens (tertiary/aromatic N) is 1. The molecule has 1 saturated carbocycles. The van der Waals surface area contributed by atoms with Crippen LogP contribution in [-0.2, 0) is 12.3 Å².